The lowest BCUT2D eigenvalue weighted by molar-refractivity contribution is -0.384. The monoisotopic (exact) mass is 293 g/mol. The molecule has 0 bridgehead atoms. The highest BCUT2D eigenvalue weighted by atomic mass is 16.6. The van der Waals surface area contributed by atoms with Crippen molar-refractivity contribution >= 4 is 11.6 Å². The second kappa shape index (κ2) is 5.69. The number of nitro benzene ring substituents is 1. The quantitative estimate of drug-likeness (QED) is 0.628. The van der Waals surface area contributed by atoms with Crippen molar-refractivity contribution in [3.8, 4) is 5.75 Å². The molecular formula is C14H19N3O4. The van der Waals surface area contributed by atoms with Gasteiger partial charge >= 0.3 is 0 Å². The molecule has 0 radical (unpaired) electrons. The lowest BCUT2D eigenvalue weighted by Crippen LogP contribution is -2.52. The Balaban J connectivity index is 2.10. The Labute approximate surface area is 122 Å². The fourth-order valence-electron chi connectivity index (χ4n) is 2.73. The summed E-state index contributed by atoms with van der Waals surface area (Å²) in [4.78, 5) is 21.8. The number of non-ortho nitro benzene ring substituents is 1. The summed E-state index contributed by atoms with van der Waals surface area (Å²) in [5.74, 6) is 0.221. The molecule has 1 fully saturated rings. The van der Waals surface area contributed by atoms with Crippen LogP contribution in [-0.2, 0) is 4.79 Å². The third-order valence-corrected chi connectivity index (χ3v) is 4.08. The summed E-state index contributed by atoms with van der Waals surface area (Å²) in [7, 11) is 1.71. The number of likely N-dealkylation sites (N-methyl/N-ethyl adjacent to an activating group) is 1. The lowest BCUT2D eigenvalue weighted by atomic mass is 9.97. The number of carbonyl (C=O) groups excluding carboxylic acids is 1. The third kappa shape index (κ3) is 2.97. The topological polar surface area (TPSA) is 107 Å². The second-order valence-electron chi connectivity index (χ2n) is 5.39. The summed E-state index contributed by atoms with van der Waals surface area (Å²) in [5.41, 5.74) is 5.46. The van der Waals surface area contributed by atoms with Crippen LogP contribution in [0.1, 0.15) is 24.8 Å². The van der Waals surface area contributed by atoms with Gasteiger partial charge in [-0.1, -0.05) is 0 Å². The smallest absolute Gasteiger partial charge is 0.269 e. The summed E-state index contributed by atoms with van der Waals surface area (Å²) in [6.45, 7) is 1.76. The Morgan fingerprint density at radius 1 is 1.57 bits per heavy atom. The molecule has 1 amide bonds. The molecule has 1 aliphatic carbocycles. The maximum absolute atomic E-state index is 11.6. The first-order chi connectivity index (χ1) is 9.88. The van der Waals surface area contributed by atoms with E-state index in [2.05, 4.69) is 5.32 Å². The zero-order valence-electron chi connectivity index (χ0n) is 12.1. The highest BCUT2D eigenvalue weighted by Crippen LogP contribution is 2.34. The molecular weight excluding hydrogens is 274 g/mol. The number of nitrogens with zero attached hydrogens (tertiary/aromatic N) is 1. The number of primary amides is 1. The first-order valence-electron chi connectivity index (χ1n) is 6.78. The Bertz CT molecular complexity index is 575. The summed E-state index contributed by atoms with van der Waals surface area (Å²) >= 11 is 0. The number of hydrogen-bond acceptors (Lipinski definition) is 5. The van der Waals surface area contributed by atoms with Crippen molar-refractivity contribution in [2.24, 2.45) is 5.73 Å². The number of carbonyl (C=O) groups is 1. The first-order valence-corrected chi connectivity index (χ1v) is 6.78. The Kier molecular flexibility index (Phi) is 4.13. The number of aryl methyl sites for hydroxylation is 1. The van der Waals surface area contributed by atoms with Crippen LogP contribution in [0, 0.1) is 17.0 Å². The molecule has 2 unspecified atom stereocenters. The van der Waals surface area contributed by atoms with E-state index in [1.54, 1.807) is 20.0 Å². The molecule has 0 heterocycles. The van der Waals surface area contributed by atoms with E-state index in [-0.39, 0.29) is 17.7 Å². The lowest BCUT2D eigenvalue weighted by Gasteiger charge is -2.25. The average Bonchev–Trinajstić information content (AvgIpc) is 2.85. The van der Waals surface area contributed by atoms with Crippen molar-refractivity contribution in [1.29, 1.82) is 0 Å². The summed E-state index contributed by atoms with van der Waals surface area (Å²) in [6, 6.07) is 4.48. The molecule has 7 nitrogen and oxygen atoms in total. The summed E-state index contributed by atoms with van der Waals surface area (Å²) in [6.07, 6.45) is 1.69. The van der Waals surface area contributed by atoms with Crippen LogP contribution in [-0.4, -0.2) is 29.5 Å². The van der Waals surface area contributed by atoms with Crippen LogP contribution in [0.15, 0.2) is 18.2 Å². The molecule has 2 rings (SSSR count). The number of hydrogen-bond donors (Lipinski definition) is 2. The van der Waals surface area contributed by atoms with Gasteiger partial charge in [-0.2, -0.15) is 0 Å². The minimum atomic E-state index is -0.723. The van der Waals surface area contributed by atoms with E-state index >= 15 is 0 Å². The number of rotatable bonds is 5. The van der Waals surface area contributed by atoms with Gasteiger partial charge in [-0.15, -0.1) is 0 Å². The van der Waals surface area contributed by atoms with E-state index in [9.17, 15) is 14.9 Å². The molecule has 21 heavy (non-hydrogen) atoms. The molecule has 0 aliphatic heterocycles. The van der Waals surface area contributed by atoms with E-state index in [4.69, 9.17) is 10.5 Å². The van der Waals surface area contributed by atoms with Gasteiger partial charge in [0.25, 0.3) is 5.69 Å². The van der Waals surface area contributed by atoms with Gasteiger partial charge in [0.05, 0.1) is 4.92 Å². The highest BCUT2D eigenvalue weighted by Gasteiger charge is 2.43. The predicted molar refractivity (Wildman–Crippen MR) is 77.1 cm³/mol. The molecule has 2 atom stereocenters. The maximum Gasteiger partial charge on any atom is 0.269 e. The third-order valence-electron chi connectivity index (χ3n) is 4.08. The van der Waals surface area contributed by atoms with Crippen LogP contribution >= 0.6 is 0 Å². The fraction of sp³-hybridized carbons (Fsp3) is 0.500. The normalized spacial score (nSPS) is 24.8. The molecule has 1 aromatic carbocycles. The maximum atomic E-state index is 11.6. The largest absolute Gasteiger partial charge is 0.490 e. The van der Waals surface area contributed by atoms with Gasteiger partial charge in [-0.05, 0) is 38.4 Å². The van der Waals surface area contributed by atoms with Crippen molar-refractivity contribution in [2.75, 3.05) is 7.05 Å². The van der Waals surface area contributed by atoms with Crippen molar-refractivity contribution in [2.45, 2.75) is 37.8 Å². The average molecular weight is 293 g/mol. The minimum Gasteiger partial charge on any atom is -0.490 e. The predicted octanol–water partition coefficient (Wildman–Crippen LogP) is 1.28. The van der Waals surface area contributed by atoms with E-state index in [1.165, 1.54) is 12.1 Å². The molecule has 1 aromatic rings. The molecule has 0 aromatic heterocycles. The highest BCUT2D eigenvalue weighted by molar-refractivity contribution is 5.85. The van der Waals surface area contributed by atoms with Gasteiger partial charge < -0.3 is 15.8 Å². The van der Waals surface area contributed by atoms with Gasteiger partial charge in [0.1, 0.15) is 17.4 Å². The Hall–Kier alpha value is -2.15. The van der Waals surface area contributed by atoms with Crippen LogP contribution in [0.3, 0.4) is 0 Å². The fourth-order valence-corrected chi connectivity index (χ4v) is 2.73. The van der Waals surface area contributed by atoms with Crippen LogP contribution < -0.4 is 15.8 Å². The van der Waals surface area contributed by atoms with E-state index in [0.29, 0.717) is 30.6 Å². The molecule has 3 N–H and O–H groups in total. The first kappa shape index (κ1) is 15.2. The standard InChI is InChI=1S/C14H19N3O4/c1-9-7-10(17(19)20)3-4-12(9)21-11-5-6-14(8-11,16-2)13(15)18/h3-4,7,11,16H,5-6,8H2,1-2H3,(H2,15,18). The zero-order valence-corrected chi connectivity index (χ0v) is 12.1. The Morgan fingerprint density at radius 2 is 2.29 bits per heavy atom. The van der Waals surface area contributed by atoms with Crippen molar-refractivity contribution in [1.82, 2.24) is 5.32 Å². The van der Waals surface area contributed by atoms with Gasteiger partial charge in [-0.25, -0.2) is 0 Å². The molecule has 0 spiro atoms. The van der Waals surface area contributed by atoms with E-state index < -0.39 is 10.5 Å². The number of nitrogens with one attached hydrogen (secondary N) is 1. The van der Waals surface area contributed by atoms with Crippen LogP contribution in [0.4, 0.5) is 5.69 Å². The summed E-state index contributed by atoms with van der Waals surface area (Å²) in [5, 5.41) is 13.7. The molecule has 1 aliphatic rings. The van der Waals surface area contributed by atoms with Gasteiger partial charge in [0, 0.05) is 18.6 Å². The number of nitro groups is 1. The SMILES string of the molecule is CNC1(C(N)=O)CCC(Oc2ccc([N+](=O)[O-])cc2C)C1. The second-order valence-corrected chi connectivity index (χ2v) is 5.39. The van der Waals surface area contributed by atoms with Crippen molar-refractivity contribution in [3.05, 3.63) is 33.9 Å². The number of ether oxygens (including phenoxy) is 1. The molecule has 114 valence electrons. The van der Waals surface area contributed by atoms with Gasteiger partial charge in [0.15, 0.2) is 0 Å². The van der Waals surface area contributed by atoms with Gasteiger partial charge in [0.2, 0.25) is 5.91 Å². The minimum absolute atomic E-state index is 0.0352. The zero-order chi connectivity index (χ0) is 15.6. The molecule has 0 saturated heterocycles. The van der Waals surface area contributed by atoms with E-state index in [0.717, 1.165) is 0 Å². The van der Waals surface area contributed by atoms with Gasteiger partial charge in [-0.3, -0.25) is 14.9 Å². The number of nitrogens with two attached hydrogens (primary N) is 1. The van der Waals surface area contributed by atoms with Crippen LogP contribution in [0.2, 0.25) is 0 Å². The van der Waals surface area contributed by atoms with E-state index in [1.807, 2.05) is 0 Å². The van der Waals surface area contributed by atoms with Crippen molar-refractivity contribution in [3.63, 3.8) is 0 Å². The van der Waals surface area contributed by atoms with Crippen LogP contribution in [0.5, 0.6) is 5.75 Å². The molecule has 1 saturated carbocycles. The Morgan fingerprint density at radius 3 is 2.76 bits per heavy atom. The molecule has 7 heteroatoms. The van der Waals surface area contributed by atoms with Crippen LogP contribution in [0.25, 0.3) is 0 Å². The number of amides is 1. The van der Waals surface area contributed by atoms with Crippen molar-refractivity contribution < 1.29 is 14.5 Å². The number of benzene rings is 1. The summed E-state index contributed by atoms with van der Waals surface area (Å²) < 4.78 is 5.88.